The van der Waals surface area contributed by atoms with Crippen molar-refractivity contribution in [2.45, 2.75) is 32.2 Å². The van der Waals surface area contributed by atoms with Gasteiger partial charge in [0, 0.05) is 40.5 Å². The Bertz CT molecular complexity index is 1930. The van der Waals surface area contributed by atoms with Crippen LogP contribution in [0.1, 0.15) is 36.5 Å². The van der Waals surface area contributed by atoms with E-state index in [1.54, 1.807) is 35.0 Å². The lowest BCUT2D eigenvalue weighted by molar-refractivity contribution is -0.116. The third-order valence-electron chi connectivity index (χ3n) is 7.57. The van der Waals surface area contributed by atoms with Gasteiger partial charge in [0.25, 0.3) is 5.56 Å². The molecule has 2 aliphatic rings. The number of nitrogens with one attached hydrogen (secondary N) is 2. The number of rotatable bonds is 4. The van der Waals surface area contributed by atoms with E-state index in [2.05, 4.69) is 30.6 Å². The SMILES string of the molecule is C[C@H]1Cc2cc(-c3cc(Cl)ccc3-n3cc(Cl)nn3)cc(=O)n2[C@@H]1c1nc(F)c(-c2cnc3c(c2)CCC(=O)N3)[nH]1. The van der Waals surface area contributed by atoms with Crippen LogP contribution in [0, 0.1) is 11.9 Å². The van der Waals surface area contributed by atoms with Crippen molar-refractivity contribution in [1.82, 2.24) is 34.5 Å². The number of anilines is 1. The number of aryl methyl sites for hydroxylation is 1. The Morgan fingerprint density at radius 3 is 2.73 bits per heavy atom. The second kappa shape index (κ2) is 9.64. The van der Waals surface area contributed by atoms with Gasteiger partial charge in [-0.2, -0.15) is 4.39 Å². The fourth-order valence-corrected chi connectivity index (χ4v) is 6.04. The molecule has 206 valence electrons. The van der Waals surface area contributed by atoms with Gasteiger partial charge in [0.1, 0.15) is 17.3 Å². The first-order valence-electron chi connectivity index (χ1n) is 12.9. The third-order valence-corrected chi connectivity index (χ3v) is 7.98. The van der Waals surface area contributed by atoms with Crippen molar-refractivity contribution in [2.24, 2.45) is 5.92 Å². The van der Waals surface area contributed by atoms with Crippen molar-refractivity contribution in [3.63, 3.8) is 0 Å². The number of pyridine rings is 2. The Morgan fingerprint density at radius 2 is 1.93 bits per heavy atom. The quantitative estimate of drug-likeness (QED) is 0.304. The molecule has 2 aliphatic heterocycles. The van der Waals surface area contributed by atoms with Gasteiger partial charge < -0.3 is 14.9 Å². The molecule has 2 atom stereocenters. The Kier molecular flexibility index (Phi) is 6.02. The smallest absolute Gasteiger partial charge is 0.252 e. The van der Waals surface area contributed by atoms with Crippen molar-refractivity contribution in [1.29, 1.82) is 0 Å². The van der Waals surface area contributed by atoms with Crippen LogP contribution in [0.15, 0.2) is 53.6 Å². The number of amides is 1. The molecular formula is C28H21Cl2FN8O2. The maximum atomic E-state index is 15.2. The molecule has 10 nitrogen and oxygen atoms in total. The van der Waals surface area contributed by atoms with E-state index in [1.807, 2.05) is 13.0 Å². The van der Waals surface area contributed by atoms with Crippen molar-refractivity contribution in [3.05, 3.63) is 92.4 Å². The predicted molar refractivity (Wildman–Crippen MR) is 151 cm³/mol. The van der Waals surface area contributed by atoms with E-state index in [-0.39, 0.29) is 28.2 Å². The Labute approximate surface area is 242 Å². The number of halogens is 3. The molecule has 0 fully saturated rings. The molecule has 0 spiro atoms. The second-order valence-electron chi connectivity index (χ2n) is 10.3. The number of imidazole rings is 1. The predicted octanol–water partition coefficient (Wildman–Crippen LogP) is 4.99. The number of aromatic nitrogens is 7. The maximum Gasteiger partial charge on any atom is 0.252 e. The molecule has 0 aliphatic carbocycles. The lowest BCUT2D eigenvalue weighted by atomic mass is 10.00. The molecule has 0 bridgehead atoms. The fraction of sp³-hybridized carbons (Fsp3) is 0.214. The minimum Gasteiger partial charge on any atom is -0.338 e. The number of nitrogens with zero attached hydrogens (tertiary/aromatic N) is 6. The molecule has 0 unspecified atom stereocenters. The van der Waals surface area contributed by atoms with Crippen molar-refractivity contribution in [3.8, 4) is 28.1 Å². The molecule has 41 heavy (non-hydrogen) atoms. The highest BCUT2D eigenvalue weighted by Crippen LogP contribution is 2.38. The van der Waals surface area contributed by atoms with Gasteiger partial charge in [-0.3, -0.25) is 9.59 Å². The molecule has 4 aromatic heterocycles. The number of benzene rings is 1. The Balaban J connectivity index is 1.27. The molecule has 1 aromatic carbocycles. The molecule has 6 heterocycles. The molecular weight excluding hydrogens is 570 g/mol. The summed E-state index contributed by atoms with van der Waals surface area (Å²) in [7, 11) is 0. The molecule has 5 aromatic rings. The summed E-state index contributed by atoms with van der Waals surface area (Å²) in [5.41, 5.74) is 4.09. The molecule has 1 amide bonds. The molecule has 13 heteroatoms. The number of carbonyl (C=O) groups is 1. The summed E-state index contributed by atoms with van der Waals surface area (Å²) in [6.45, 7) is 2.00. The summed E-state index contributed by atoms with van der Waals surface area (Å²) in [5.74, 6) is 0.0266. The van der Waals surface area contributed by atoms with Gasteiger partial charge in [-0.25, -0.2) is 14.6 Å². The van der Waals surface area contributed by atoms with Crippen LogP contribution in [0.5, 0.6) is 0 Å². The third kappa shape index (κ3) is 4.41. The van der Waals surface area contributed by atoms with Crippen LogP contribution in [0.2, 0.25) is 10.2 Å². The second-order valence-corrected chi connectivity index (χ2v) is 11.1. The number of H-pyrrole nitrogens is 1. The summed E-state index contributed by atoms with van der Waals surface area (Å²) in [5, 5.41) is 11.4. The van der Waals surface area contributed by atoms with Crippen LogP contribution in [0.4, 0.5) is 10.2 Å². The normalized spacial score (nSPS) is 17.8. The average molecular weight is 591 g/mol. The van der Waals surface area contributed by atoms with Gasteiger partial charge in [-0.05, 0) is 60.2 Å². The summed E-state index contributed by atoms with van der Waals surface area (Å²) in [6, 6.07) is 10.1. The van der Waals surface area contributed by atoms with Gasteiger partial charge in [0.15, 0.2) is 5.15 Å². The average Bonchev–Trinajstić information content (AvgIpc) is 3.64. The highest BCUT2D eigenvalue weighted by Gasteiger charge is 2.35. The summed E-state index contributed by atoms with van der Waals surface area (Å²) >= 11 is 12.3. The van der Waals surface area contributed by atoms with E-state index in [0.29, 0.717) is 58.3 Å². The van der Waals surface area contributed by atoms with Crippen LogP contribution in [0.3, 0.4) is 0 Å². The first-order valence-corrected chi connectivity index (χ1v) is 13.7. The maximum absolute atomic E-state index is 15.2. The van der Waals surface area contributed by atoms with E-state index in [1.165, 1.54) is 16.9 Å². The number of fused-ring (bicyclic) bond motifs is 2. The minimum atomic E-state index is -0.679. The number of aromatic amines is 1. The van der Waals surface area contributed by atoms with Crippen molar-refractivity contribution in [2.75, 3.05) is 5.32 Å². The number of carbonyl (C=O) groups excluding carboxylic acids is 1. The summed E-state index contributed by atoms with van der Waals surface area (Å²) < 4.78 is 18.4. The van der Waals surface area contributed by atoms with Crippen molar-refractivity contribution >= 4 is 34.9 Å². The van der Waals surface area contributed by atoms with Gasteiger partial charge in [-0.1, -0.05) is 35.3 Å². The topological polar surface area (TPSA) is 123 Å². The van der Waals surface area contributed by atoms with E-state index in [0.717, 1.165) is 11.3 Å². The Hall–Kier alpha value is -4.35. The molecule has 2 N–H and O–H groups in total. The van der Waals surface area contributed by atoms with Crippen LogP contribution >= 0.6 is 23.2 Å². The van der Waals surface area contributed by atoms with Crippen LogP contribution in [-0.4, -0.2) is 40.4 Å². The van der Waals surface area contributed by atoms with E-state index >= 15 is 4.39 Å². The lowest BCUT2D eigenvalue weighted by Gasteiger charge is -2.17. The fourth-order valence-electron chi connectivity index (χ4n) is 5.75. The highest BCUT2D eigenvalue weighted by molar-refractivity contribution is 6.31. The zero-order valence-electron chi connectivity index (χ0n) is 21.5. The Morgan fingerprint density at radius 1 is 1.07 bits per heavy atom. The lowest BCUT2D eigenvalue weighted by Crippen LogP contribution is -2.26. The van der Waals surface area contributed by atoms with E-state index in [4.69, 9.17) is 23.2 Å². The molecule has 7 rings (SSSR count). The number of hydrogen-bond acceptors (Lipinski definition) is 6. The van der Waals surface area contributed by atoms with Crippen molar-refractivity contribution < 1.29 is 9.18 Å². The number of hydrogen-bond donors (Lipinski definition) is 2. The molecule has 0 saturated carbocycles. The molecule has 0 saturated heterocycles. The summed E-state index contributed by atoms with van der Waals surface area (Å²) in [4.78, 5) is 36.9. The van der Waals surface area contributed by atoms with Gasteiger partial charge in [0.2, 0.25) is 11.9 Å². The van der Waals surface area contributed by atoms with E-state index in [9.17, 15) is 9.59 Å². The van der Waals surface area contributed by atoms with E-state index < -0.39 is 12.0 Å². The van der Waals surface area contributed by atoms with Crippen LogP contribution in [-0.2, 0) is 17.6 Å². The van der Waals surface area contributed by atoms with Gasteiger partial charge in [0.05, 0.1) is 17.9 Å². The standard InChI is InChI=1S/C28H21Cl2FN8O2/c1-13-6-18-8-15(19-10-17(29)3-4-20(19)38-12-21(30)36-37-38)9-23(41)39(18)25(13)28-34-24(26(31)35-28)16-7-14-2-5-22(40)33-27(14)32-11-16/h3-4,7-13,25H,2,5-6H2,1H3,(H,34,35)(H,32,33,40)/t13-,25-/m0/s1. The first kappa shape index (κ1) is 25.6. The monoisotopic (exact) mass is 590 g/mol. The summed E-state index contributed by atoms with van der Waals surface area (Å²) in [6.07, 6.45) is 4.52. The van der Waals surface area contributed by atoms with Crippen LogP contribution < -0.4 is 10.9 Å². The largest absolute Gasteiger partial charge is 0.338 e. The molecule has 0 radical (unpaired) electrons. The van der Waals surface area contributed by atoms with Crippen LogP contribution in [0.25, 0.3) is 28.1 Å². The zero-order valence-corrected chi connectivity index (χ0v) is 23.0. The van der Waals surface area contributed by atoms with Gasteiger partial charge >= 0.3 is 0 Å². The zero-order chi connectivity index (χ0) is 28.4. The first-order chi connectivity index (χ1) is 19.7. The minimum absolute atomic E-state index is 0.0406. The van der Waals surface area contributed by atoms with Gasteiger partial charge in [-0.15, -0.1) is 5.10 Å². The highest BCUT2D eigenvalue weighted by atomic mass is 35.5.